The summed E-state index contributed by atoms with van der Waals surface area (Å²) in [4.78, 5) is 0. The van der Waals surface area contributed by atoms with Crippen LogP contribution in [0.2, 0.25) is 0 Å². The van der Waals surface area contributed by atoms with Gasteiger partial charge in [-0.3, -0.25) is 0 Å². The molecule has 1 heterocycles. The van der Waals surface area contributed by atoms with Gasteiger partial charge in [0, 0.05) is 18.9 Å². The molecule has 0 aromatic heterocycles. The molecule has 2 atom stereocenters. The summed E-state index contributed by atoms with van der Waals surface area (Å²) in [7, 11) is 0. The standard InChI is InChI=1S/C9H18N2O/c1-7(2)5-9(12)8-6-10-3-4-11-8/h3-4,7-12H,5-6H2,1-2H3. The van der Waals surface area contributed by atoms with Crippen molar-refractivity contribution < 1.29 is 5.11 Å². The molecule has 1 aliphatic heterocycles. The van der Waals surface area contributed by atoms with E-state index in [-0.39, 0.29) is 12.1 Å². The monoisotopic (exact) mass is 170 g/mol. The molecule has 1 rings (SSSR count). The van der Waals surface area contributed by atoms with Gasteiger partial charge >= 0.3 is 0 Å². The average molecular weight is 170 g/mol. The van der Waals surface area contributed by atoms with Crippen LogP contribution in [0.15, 0.2) is 12.4 Å². The molecule has 70 valence electrons. The van der Waals surface area contributed by atoms with Crippen molar-refractivity contribution in [3.8, 4) is 0 Å². The molecular formula is C9H18N2O. The highest BCUT2D eigenvalue weighted by atomic mass is 16.3. The largest absolute Gasteiger partial charge is 0.391 e. The van der Waals surface area contributed by atoms with Gasteiger partial charge in [0.2, 0.25) is 0 Å². The molecule has 0 aliphatic carbocycles. The molecule has 0 spiro atoms. The summed E-state index contributed by atoms with van der Waals surface area (Å²) in [5, 5.41) is 15.9. The maximum absolute atomic E-state index is 9.71. The highest BCUT2D eigenvalue weighted by Gasteiger charge is 2.19. The van der Waals surface area contributed by atoms with Gasteiger partial charge in [-0.25, -0.2) is 0 Å². The van der Waals surface area contributed by atoms with Gasteiger partial charge < -0.3 is 15.7 Å². The van der Waals surface area contributed by atoms with E-state index >= 15 is 0 Å². The Morgan fingerprint density at radius 3 is 2.75 bits per heavy atom. The predicted molar refractivity (Wildman–Crippen MR) is 49.5 cm³/mol. The summed E-state index contributed by atoms with van der Waals surface area (Å²) in [6, 6.07) is 0.164. The van der Waals surface area contributed by atoms with Gasteiger partial charge in [0.15, 0.2) is 0 Å². The zero-order chi connectivity index (χ0) is 8.97. The van der Waals surface area contributed by atoms with Gasteiger partial charge in [0.1, 0.15) is 0 Å². The number of rotatable bonds is 3. The molecule has 0 aromatic rings. The number of hydrogen-bond acceptors (Lipinski definition) is 3. The van der Waals surface area contributed by atoms with E-state index in [9.17, 15) is 5.11 Å². The third-order valence-electron chi connectivity index (χ3n) is 2.03. The molecule has 3 N–H and O–H groups in total. The zero-order valence-corrected chi connectivity index (χ0v) is 7.75. The van der Waals surface area contributed by atoms with Crippen LogP contribution in [-0.4, -0.2) is 23.8 Å². The zero-order valence-electron chi connectivity index (χ0n) is 7.75. The molecule has 1 aliphatic rings. The van der Waals surface area contributed by atoms with Crippen molar-refractivity contribution >= 4 is 0 Å². The Hall–Kier alpha value is -0.700. The molecular weight excluding hydrogens is 152 g/mol. The molecule has 0 amide bonds. The van der Waals surface area contributed by atoms with Gasteiger partial charge in [-0.2, -0.15) is 0 Å². The van der Waals surface area contributed by atoms with E-state index in [0.717, 1.165) is 13.0 Å². The highest BCUT2D eigenvalue weighted by Crippen LogP contribution is 2.08. The van der Waals surface area contributed by atoms with Crippen LogP contribution in [-0.2, 0) is 0 Å². The molecule has 0 fully saturated rings. The topological polar surface area (TPSA) is 44.3 Å². The summed E-state index contributed by atoms with van der Waals surface area (Å²) in [5.74, 6) is 0.549. The summed E-state index contributed by atoms with van der Waals surface area (Å²) >= 11 is 0. The van der Waals surface area contributed by atoms with Crippen LogP contribution in [0.5, 0.6) is 0 Å². The fourth-order valence-corrected chi connectivity index (χ4v) is 1.38. The SMILES string of the molecule is CC(C)CC(O)C1CNC=CN1. The number of hydrogen-bond donors (Lipinski definition) is 3. The number of aliphatic hydroxyl groups is 1. The van der Waals surface area contributed by atoms with E-state index < -0.39 is 0 Å². The van der Waals surface area contributed by atoms with Gasteiger partial charge in [-0.15, -0.1) is 0 Å². The lowest BCUT2D eigenvalue weighted by Crippen LogP contribution is -2.46. The molecule has 12 heavy (non-hydrogen) atoms. The molecule has 0 saturated heterocycles. The average Bonchev–Trinajstić information content (AvgIpc) is 2.05. The van der Waals surface area contributed by atoms with E-state index in [0.29, 0.717) is 5.92 Å². The Bertz CT molecular complexity index is 157. The summed E-state index contributed by atoms with van der Waals surface area (Å²) in [6.45, 7) is 5.05. The second kappa shape index (κ2) is 4.36. The van der Waals surface area contributed by atoms with Crippen molar-refractivity contribution in [2.24, 2.45) is 5.92 Å². The van der Waals surface area contributed by atoms with E-state index in [4.69, 9.17) is 0 Å². The lowest BCUT2D eigenvalue weighted by molar-refractivity contribution is 0.109. The fraction of sp³-hybridized carbons (Fsp3) is 0.778. The first-order valence-corrected chi connectivity index (χ1v) is 4.52. The van der Waals surface area contributed by atoms with Crippen LogP contribution in [0.4, 0.5) is 0 Å². The first-order chi connectivity index (χ1) is 5.70. The molecule has 2 unspecified atom stereocenters. The predicted octanol–water partition coefficient (Wildman–Crippen LogP) is 0.426. The van der Waals surface area contributed by atoms with Crippen molar-refractivity contribution in [2.75, 3.05) is 6.54 Å². The second-order valence-corrected chi connectivity index (χ2v) is 3.71. The fourth-order valence-electron chi connectivity index (χ4n) is 1.38. The van der Waals surface area contributed by atoms with Crippen LogP contribution in [0, 0.1) is 5.92 Å². The van der Waals surface area contributed by atoms with E-state index in [1.54, 1.807) is 0 Å². The van der Waals surface area contributed by atoms with Crippen LogP contribution < -0.4 is 10.6 Å². The van der Waals surface area contributed by atoms with E-state index in [1.807, 2.05) is 12.4 Å². The van der Waals surface area contributed by atoms with Crippen molar-refractivity contribution in [1.29, 1.82) is 0 Å². The Morgan fingerprint density at radius 2 is 2.25 bits per heavy atom. The molecule has 0 radical (unpaired) electrons. The quantitative estimate of drug-likeness (QED) is 0.575. The number of nitrogens with one attached hydrogen (secondary N) is 2. The first-order valence-electron chi connectivity index (χ1n) is 4.52. The van der Waals surface area contributed by atoms with Crippen LogP contribution in [0.25, 0.3) is 0 Å². The Morgan fingerprint density at radius 1 is 1.50 bits per heavy atom. The minimum absolute atomic E-state index is 0.164. The first kappa shape index (κ1) is 9.39. The maximum Gasteiger partial charge on any atom is 0.0760 e. The third-order valence-corrected chi connectivity index (χ3v) is 2.03. The van der Waals surface area contributed by atoms with Crippen LogP contribution in [0.1, 0.15) is 20.3 Å². The Labute approximate surface area is 73.9 Å². The maximum atomic E-state index is 9.71. The lowest BCUT2D eigenvalue weighted by atomic mass is 10.00. The second-order valence-electron chi connectivity index (χ2n) is 3.71. The smallest absolute Gasteiger partial charge is 0.0760 e. The van der Waals surface area contributed by atoms with Gasteiger partial charge in [0.25, 0.3) is 0 Å². The Kier molecular flexibility index (Phi) is 3.41. The normalized spacial score (nSPS) is 24.8. The third kappa shape index (κ3) is 2.74. The molecule has 3 heteroatoms. The van der Waals surface area contributed by atoms with Crippen molar-refractivity contribution in [3.63, 3.8) is 0 Å². The van der Waals surface area contributed by atoms with Gasteiger partial charge in [-0.05, 0) is 12.3 Å². The minimum atomic E-state index is -0.248. The van der Waals surface area contributed by atoms with E-state index in [1.165, 1.54) is 0 Å². The minimum Gasteiger partial charge on any atom is -0.391 e. The summed E-state index contributed by atoms with van der Waals surface area (Å²) < 4.78 is 0. The Balaban J connectivity index is 2.31. The molecule has 0 aromatic carbocycles. The van der Waals surface area contributed by atoms with Crippen molar-refractivity contribution in [3.05, 3.63) is 12.4 Å². The molecule has 0 bridgehead atoms. The lowest BCUT2D eigenvalue weighted by Gasteiger charge is -2.27. The molecule has 3 nitrogen and oxygen atoms in total. The van der Waals surface area contributed by atoms with Gasteiger partial charge in [0.05, 0.1) is 12.1 Å². The van der Waals surface area contributed by atoms with Crippen LogP contribution >= 0.6 is 0 Å². The van der Waals surface area contributed by atoms with Crippen molar-refractivity contribution in [2.45, 2.75) is 32.4 Å². The summed E-state index contributed by atoms with van der Waals surface area (Å²) in [5.41, 5.74) is 0. The number of aliphatic hydroxyl groups excluding tert-OH is 1. The highest BCUT2D eigenvalue weighted by molar-refractivity contribution is 4.92. The van der Waals surface area contributed by atoms with E-state index in [2.05, 4.69) is 24.5 Å². The van der Waals surface area contributed by atoms with Crippen molar-refractivity contribution in [1.82, 2.24) is 10.6 Å². The van der Waals surface area contributed by atoms with Gasteiger partial charge in [-0.1, -0.05) is 13.8 Å². The van der Waals surface area contributed by atoms with Crippen LogP contribution in [0.3, 0.4) is 0 Å². The molecule has 0 saturated carbocycles. The summed E-state index contributed by atoms with van der Waals surface area (Å²) in [6.07, 6.45) is 4.31.